The Kier molecular flexibility index (Phi) is 5.01. The number of nitrogens with one attached hydrogen (secondary N) is 1. The first kappa shape index (κ1) is 15.3. The predicted molar refractivity (Wildman–Crippen MR) is 78.5 cm³/mol. The first-order valence-corrected chi connectivity index (χ1v) is 8.40. The van der Waals surface area contributed by atoms with E-state index in [1.165, 1.54) is 0 Å². The van der Waals surface area contributed by atoms with E-state index in [9.17, 15) is 8.42 Å². The average Bonchev–Trinajstić information content (AvgIpc) is 2.98. The zero-order chi connectivity index (χ0) is 14.6. The molecular formula is C14H22N2O3S. The van der Waals surface area contributed by atoms with Crippen LogP contribution < -0.4 is 10.1 Å². The SMILES string of the molecule is CCCN(C1CCNC1)S(=O)(=O)c1ccc(OC)cc1. The van der Waals surface area contributed by atoms with Crippen molar-refractivity contribution in [2.75, 3.05) is 26.7 Å². The molecule has 1 saturated heterocycles. The van der Waals surface area contributed by atoms with Crippen LogP contribution in [-0.4, -0.2) is 45.5 Å². The highest BCUT2D eigenvalue weighted by Gasteiger charge is 2.32. The molecule has 0 spiro atoms. The van der Waals surface area contributed by atoms with Crippen LogP contribution in [0.2, 0.25) is 0 Å². The molecule has 0 radical (unpaired) electrons. The fourth-order valence-corrected chi connectivity index (χ4v) is 4.23. The molecule has 0 saturated carbocycles. The lowest BCUT2D eigenvalue weighted by atomic mass is 10.2. The Hall–Kier alpha value is -1.11. The fourth-order valence-electron chi connectivity index (χ4n) is 2.49. The quantitative estimate of drug-likeness (QED) is 0.864. The van der Waals surface area contributed by atoms with Crippen molar-refractivity contribution in [1.82, 2.24) is 9.62 Å². The summed E-state index contributed by atoms with van der Waals surface area (Å²) in [5.41, 5.74) is 0. The smallest absolute Gasteiger partial charge is 0.243 e. The molecule has 1 heterocycles. The zero-order valence-electron chi connectivity index (χ0n) is 12.0. The highest BCUT2D eigenvalue weighted by Crippen LogP contribution is 2.23. The number of hydrogen-bond donors (Lipinski definition) is 1. The van der Waals surface area contributed by atoms with Crippen LogP contribution in [0.3, 0.4) is 0 Å². The summed E-state index contributed by atoms with van der Waals surface area (Å²) in [6, 6.07) is 6.65. The van der Waals surface area contributed by atoms with Gasteiger partial charge in [0.05, 0.1) is 12.0 Å². The molecule has 0 bridgehead atoms. The Morgan fingerprint density at radius 2 is 2.05 bits per heavy atom. The van der Waals surface area contributed by atoms with Gasteiger partial charge in [-0.3, -0.25) is 0 Å². The lowest BCUT2D eigenvalue weighted by molar-refractivity contribution is 0.335. The normalized spacial score (nSPS) is 19.4. The maximum atomic E-state index is 12.8. The second-order valence-corrected chi connectivity index (χ2v) is 6.83. The number of ether oxygens (including phenoxy) is 1. The third kappa shape index (κ3) is 3.13. The molecule has 112 valence electrons. The van der Waals surface area contributed by atoms with Gasteiger partial charge in [0, 0.05) is 19.1 Å². The van der Waals surface area contributed by atoms with E-state index in [0.717, 1.165) is 25.9 Å². The number of nitrogens with zero attached hydrogens (tertiary/aromatic N) is 1. The fraction of sp³-hybridized carbons (Fsp3) is 0.571. The summed E-state index contributed by atoms with van der Waals surface area (Å²) in [4.78, 5) is 0.332. The standard InChI is InChI=1S/C14H22N2O3S/c1-3-10-16(12-8-9-15-11-12)20(17,18)14-6-4-13(19-2)5-7-14/h4-7,12,15H,3,8-11H2,1-2H3. The van der Waals surface area contributed by atoms with Crippen molar-refractivity contribution in [1.29, 1.82) is 0 Å². The van der Waals surface area contributed by atoms with Crippen LogP contribution >= 0.6 is 0 Å². The Morgan fingerprint density at radius 1 is 1.35 bits per heavy atom. The van der Waals surface area contributed by atoms with Gasteiger partial charge in [0.2, 0.25) is 10.0 Å². The molecule has 0 aromatic heterocycles. The van der Waals surface area contributed by atoms with Crippen molar-refractivity contribution in [3.63, 3.8) is 0 Å². The van der Waals surface area contributed by atoms with Gasteiger partial charge in [0.15, 0.2) is 0 Å². The molecule has 6 heteroatoms. The van der Waals surface area contributed by atoms with Gasteiger partial charge in [-0.2, -0.15) is 4.31 Å². The number of benzene rings is 1. The van der Waals surface area contributed by atoms with Gasteiger partial charge < -0.3 is 10.1 Å². The number of rotatable bonds is 6. The summed E-state index contributed by atoms with van der Waals surface area (Å²) in [5.74, 6) is 0.661. The predicted octanol–water partition coefficient (Wildman–Crippen LogP) is 1.46. The summed E-state index contributed by atoms with van der Waals surface area (Å²) >= 11 is 0. The molecule has 5 nitrogen and oxygen atoms in total. The van der Waals surface area contributed by atoms with E-state index in [2.05, 4.69) is 5.32 Å². The van der Waals surface area contributed by atoms with E-state index < -0.39 is 10.0 Å². The first-order valence-electron chi connectivity index (χ1n) is 6.96. The highest BCUT2D eigenvalue weighted by atomic mass is 32.2. The summed E-state index contributed by atoms with van der Waals surface area (Å²) in [5, 5.41) is 3.23. The minimum Gasteiger partial charge on any atom is -0.497 e. The molecule has 1 fully saturated rings. The van der Waals surface area contributed by atoms with Gasteiger partial charge in [0.1, 0.15) is 5.75 Å². The Balaban J connectivity index is 2.28. The Bertz CT molecular complexity index is 522. The summed E-state index contributed by atoms with van der Waals surface area (Å²) in [6.45, 7) is 4.16. The van der Waals surface area contributed by atoms with E-state index in [1.54, 1.807) is 35.7 Å². The molecule has 1 aromatic rings. The number of methoxy groups -OCH3 is 1. The molecule has 1 aliphatic heterocycles. The average molecular weight is 298 g/mol. The number of sulfonamides is 1. The van der Waals surface area contributed by atoms with Gasteiger partial charge in [0.25, 0.3) is 0 Å². The van der Waals surface area contributed by atoms with Crippen LogP contribution in [-0.2, 0) is 10.0 Å². The van der Waals surface area contributed by atoms with E-state index in [-0.39, 0.29) is 6.04 Å². The van der Waals surface area contributed by atoms with Crippen LogP contribution in [0, 0.1) is 0 Å². The molecule has 1 atom stereocenters. The topological polar surface area (TPSA) is 58.6 Å². The van der Waals surface area contributed by atoms with E-state index >= 15 is 0 Å². The second kappa shape index (κ2) is 6.56. The monoisotopic (exact) mass is 298 g/mol. The molecule has 1 aromatic carbocycles. The molecule has 20 heavy (non-hydrogen) atoms. The molecule has 0 aliphatic carbocycles. The Labute approximate surface area is 121 Å². The third-order valence-corrected chi connectivity index (χ3v) is 5.52. The molecular weight excluding hydrogens is 276 g/mol. The van der Waals surface area contributed by atoms with Gasteiger partial charge in [-0.05, 0) is 43.7 Å². The first-order chi connectivity index (χ1) is 9.59. The maximum absolute atomic E-state index is 12.8. The van der Waals surface area contributed by atoms with Crippen molar-refractivity contribution in [3.05, 3.63) is 24.3 Å². The van der Waals surface area contributed by atoms with Crippen molar-refractivity contribution in [2.45, 2.75) is 30.7 Å². The lowest BCUT2D eigenvalue weighted by Crippen LogP contribution is -2.41. The van der Waals surface area contributed by atoms with Crippen molar-refractivity contribution < 1.29 is 13.2 Å². The van der Waals surface area contributed by atoms with Gasteiger partial charge >= 0.3 is 0 Å². The van der Waals surface area contributed by atoms with Crippen LogP contribution in [0.5, 0.6) is 5.75 Å². The minimum absolute atomic E-state index is 0.0575. The van der Waals surface area contributed by atoms with E-state index in [1.807, 2.05) is 6.92 Å². The van der Waals surface area contributed by atoms with E-state index in [4.69, 9.17) is 4.74 Å². The van der Waals surface area contributed by atoms with Gasteiger partial charge in [-0.1, -0.05) is 6.92 Å². The van der Waals surface area contributed by atoms with Crippen LogP contribution in [0.15, 0.2) is 29.2 Å². The van der Waals surface area contributed by atoms with Crippen molar-refractivity contribution >= 4 is 10.0 Å². The van der Waals surface area contributed by atoms with E-state index in [0.29, 0.717) is 17.2 Å². The zero-order valence-corrected chi connectivity index (χ0v) is 12.8. The van der Waals surface area contributed by atoms with Crippen LogP contribution in [0.25, 0.3) is 0 Å². The third-order valence-electron chi connectivity index (χ3n) is 3.55. The lowest BCUT2D eigenvalue weighted by Gasteiger charge is -2.27. The minimum atomic E-state index is -3.43. The van der Waals surface area contributed by atoms with Gasteiger partial charge in [-0.25, -0.2) is 8.42 Å². The van der Waals surface area contributed by atoms with Crippen molar-refractivity contribution in [3.8, 4) is 5.75 Å². The summed E-state index contributed by atoms with van der Waals surface area (Å²) < 4.78 is 32.2. The highest BCUT2D eigenvalue weighted by molar-refractivity contribution is 7.89. The molecule has 1 aliphatic rings. The second-order valence-electron chi connectivity index (χ2n) is 4.94. The maximum Gasteiger partial charge on any atom is 0.243 e. The molecule has 2 rings (SSSR count). The molecule has 1 N–H and O–H groups in total. The van der Waals surface area contributed by atoms with Crippen molar-refractivity contribution in [2.24, 2.45) is 0 Å². The van der Waals surface area contributed by atoms with Crippen LogP contribution in [0.4, 0.5) is 0 Å². The summed E-state index contributed by atoms with van der Waals surface area (Å²) in [7, 11) is -1.87. The Morgan fingerprint density at radius 3 is 2.55 bits per heavy atom. The molecule has 1 unspecified atom stereocenters. The van der Waals surface area contributed by atoms with Crippen LogP contribution in [0.1, 0.15) is 19.8 Å². The largest absolute Gasteiger partial charge is 0.497 e. The summed E-state index contributed by atoms with van der Waals surface area (Å²) in [6.07, 6.45) is 1.68. The van der Waals surface area contributed by atoms with Gasteiger partial charge in [-0.15, -0.1) is 0 Å². The molecule has 0 amide bonds. The number of hydrogen-bond acceptors (Lipinski definition) is 4.